The molecule has 0 bridgehead atoms. The maximum Gasteiger partial charge on any atom is 0.262 e. The van der Waals surface area contributed by atoms with E-state index in [0.717, 1.165) is 5.56 Å². The molecule has 2 rings (SSSR count). The molecule has 0 aliphatic heterocycles. The number of para-hydroxylation sites is 1. The summed E-state index contributed by atoms with van der Waals surface area (Å²) in [6, 6.07) is 9.56. The van der Waals surface area contributed by atoms with Gasteiger partial charge in [-0.2, -0.15) is 0 Å². The molecule has 0 unspecified atom stereocenters. The highest BCUT2D eigenvalue weighted by Gasteiger charge is 2.21. The maximum atomic E-state index is 13.3. The third-order valence-corrected chi connectivity index (χ3v) is 5.37. The number of alkyl halides is 1. The van der Waals surface area contributed by atoms with Crippen molar-refractivity contribution in [3.63, 3.8) is 0 Å². The summed E-state index contributed by atoms with van der Waals surface area (Å²) in [5, 5.41) is 0.535. The van der Waals surface area contributed by atoms with Crippen LogP contribution in [0.15, 0.2) is 41.3 Å². The first-order valence-corrected chi connectivity index (χ1v) is 8.89. The molecule has 0 radical (unpaired) electrons. The van der Waals surface area contributed by atoms with Crippen molar-refractivity contribution in [3.8, 4) is 0 Å². The fraction of sp³-hybridized carbons (Fsp3) is 0.200. The van der Waals surface area contributed by atoms with Crippen molar-refractivity contribution in [1.29, 1.82) is 0 Å². The Morgan fingerprint density at radius 1 is 1.14 bits per heavy atom. The smallest absolute Gasteiger partial charge is 0.262 e. The molecular weight excluding hydrogens is 357 g/mol. The monoisotopic (exact) mass is 371 g/mol. The van der Waals surface area contributed by atoms with Gasteiger partial charge in [0.2, 0.25) is 0 Å². The van der Waals surface area contributed by atoms with E-state index >= 15 is 0 Å². The Morgan fingerprint density at radius 3 is 2.29 bits per heavy atom. The number of hydrogen-bond donors (Lipinski definition) is 1. The second-order valence-corrected chi connectivity index (χ2v) is 6.94. The van der Waals surface area contributed by atoms with Crippen LogP contribution < -0.4 is 4.72 Å². The average Bonchev–Trinajstić information content (AvgIpc) is 2.37. The summed E-state index contributed by atoms with van der Waals surface area (Å²) in [6.45, 7) is 3.17. The van der Waals surface area contributed by atoms with Gasteiger partial charge in [0.15, 0.2) is 0 Å². The molecule has 0 aromatic heterocycles. The van der Waals surface area contributed by atoms with E-state index in [1.165, 1.54) is 12.1 Å². The lowest BCUT2D eigenvalue weighted by Crippen LogP contribution is -2.16. The molecule has 0 spiro atoms. The van der Waals surface area contributed by atoms with Gasteiger partial charge in [-0.15, -0.1) is 0 Å². The fourth-order valence-electron chi connectivity index (χ4n) is 2.25. The molecule has 0 fully saturated rings. The van der Waals surface area contributed by atoms with Crippen molar-refractivity contribution in [2.75, 3.05) is 4.72 Å². The van der Waals surface area contributed by atoms with E-state index < -0.39 is 15.8 Å². The molecule has 6 heteroatoms. The van der Waals surface area contributed by atoms with Gasteiger partial charge in [-0.05, 0) is 48.7 Å². The molecule has 0 heterocycles. The number of nitrogens with one attached hydrogen (secondary N) is 1. The quantitative estimate of drug-likeness (QED) is 0.820. The number of rotatable bonds is 4. The molecule has 0 aliphatic rings. The predicted molar refractivity (Wildman–Crippen MR) is 85.8 cm³/mol. The summed E-state index contributed by atoms with van der Waals surface area (Å²) in [6.07, 6.45) is 0. The molecule has 0 saturated carbocycles. The topological polar surface area (TPSA) is 46.2 Å². The number of halogens is 2. The molecule has 0 saturated heterocycles. The lowest BCUT2D eigenvalue weighted by atomic mass is 10.1. The van der Waals surface area contributed by atoms with Crippen LogP contribution >= 0.6 is 15.9 Å². The number of sulfonamides is 1. The second kappa shape index (κ2) is 6.15. The number of aryl methyl sites for hydroxylation is 2. The second-order valence-electron chi connectivity index (χ2n) is 4.76. The number of hydrogen-bond acceptors (Lipinski definition) is 2. The molecule has 21 heavy (non-hydrogen) atoms. The van der Waals surface area contributed by atoms with Crippen LogP contribution in [0.3, 0.4) is 0 Å². The first-order valence-electron chi connectivity index (χ1n) is 6.28. The summed E-state index contributed by atoms with van der Waals surface area (Å²) in [4.78, 5) is 0.119. The van der Waals surface area contributed by atoms with Crippen molar-refractivity contribution >= 4 is 31.6 Å². The van der Waals surface area contributed by atoms with Crippen LogP contribution in [0.4, 0.5) is 10.1 Å². The van der Waals surface area contributed by atoms with Gasteiger partial charge in [0.25, 0.3) is 10.0 Å². The zero-order chi connectivity index (χ0) is 15.6. The van der Waals surface area contributed by atoms with E-state index in [1.807, 2.05) is 12.1 Å². The standard InChI is InChI=1S/C15H15BrFNO2S/c1-10-7-13(17)8-11(2)15(10)21(19,20)18-14-6-4-3-5-12(14)9-16/h3-8,18H,9H2,1-2H3. The minimum atomic E-state index is -3.76. The van der Waals surface area contributed by atoms with Crippen LogP contribution in [0, 0.1) is 19.7 Å². The van der Waals surface area contributed by atoms with Crippen LogP contribution in [0.25, 0.3) is 0 Å². The van der Waals surface area contributed by atoms with E-state index in [0.29, 0.717) is 22.1 Å². The number of anilines is 1. The van der Waals surface area contributed by atoms with Gasteiger partial charge in [-0.25, -0.2) is 12.8 Å². The van der Waals surface area contributed by atoms with E-state index in [4.69, 9.17) is 0 Å². The summed E-state index contributed by atoms with van der Waals surface area (Å²) in [7, 11) is -3.76. The fourth-order valence-corrected chi connectivity index (χ4v) is 4.30. The van der Waals surface area contributed by atoms with E-state index in [9.17, 15) is 12.8 Å². The third-order valence-electron chi connectivity index (χ3n) is 3.10. The summed E-state index contributed by atoms with van der Waals surface area (Å²) in [5.74, 6) is -0.440. The first-order chi connectivity index (χ1) is 9.85. The highest BCUT2D eigenvalue weighted by atomic mass is 79.9. The van der Waals surface area contributed by atoms with Crippen LogP contribution in [-0.2, 0) is 15.4 Å². The predicted octanol–water partition coefficient (Wildman–Crippen LogP) is 4.14. The molecule has 2 aromatic rings. The van der Waals surface area contributed by atoms with Gasteiger partial charge in [0.05, 0.1) is 10.6 Å². The Labute approximate surface area is 132 Å². The molecule has 112 valence electrons. The van der Waals surface area contributed by atoms with Gasteiger partial charge in [-0.1, -0.05) is 34.1 Å². The normalized spacial score (nSPS) is 11.4. The summed E-state index contributed by atoms with van der Waals surface area (Å²) >= 11 is 3.33. The number of benzene rings is 2. The van der Waals surface area contributed by atoms with Crippen molar-refractivity contribution in [3.05, 3.63) is 58.9 Å². The lowest BCUT2D eigenvalue weighted by molar-refractivity contribution is 0.597. The lowest BCUT2D eigenvalue weighted by Gasteiger charge is -2.15. The van der Waals surface area contributed by atoms with Gasteiger partial charge in [-0.3, -0.25) is 4.72 Å². The van der Waals surface area contributed by atoms with Crippen LogP contribution in [0.1, 0.15) is 16.7 Å². The molecule has 0 amide bonds. The summed E-state index contributed by atoms with van der Waals surface area (Å²) in [5.41, 5.74) is 2.11. The molecular formula is C15H15BrFNO2S. The largest absolute Gasteiger partial charge is 0.279 e. The van der Waals surface area contributed by atoms with E-state index in [1.54, 1.807) is 26.0 Å². The Hall–Kier alpha value is -1.40. The molecule has 0 atom stereocenters. The van der Waals surface area contributed by atoms with Gasteiger partial charge in [0.1, 0.15) is 5.82 Å². The zero-order valence-corrected chi connectivity index (χ0v) is 14.1. The van der Waals surface area contributed by atoms with Crippen LogP contribution in [0.2, 0.25) is 0 Å². The Morgan fingerprint density at radius 2 is 1.71 bits per heavy atom. The van der Waals surface area contributed by atoms with Crippen LogP contribution in [-0.4, -0.2) is 8.42 Å². The Balaban J connectivity index is 2.49. The van der Waals surface area contributed by atoms with Crippen molar-refractivity contribution < 1.29 is 12.8 Å². The average molecular weight is 372 g/mol. The minimum Gasteiger partial charge on any atom is -0.279 e. The van der Waals surface area contributed by atoms with E-state index in [2.05, 4.69) is 20.7 Å². The van der Waals surface area contributed by atoms with Gasteiger partial charge < -0.3 is 0 Å². The molecule has 3 nitrogen and oxygen atoms in total. The minimum absolute atomic E-state index is 0.119. The first kappa shape index (κ1) is 16.0. The Kier molecular flexibility index (Phi) is 4.68. The third kappa shape index (κ3) is 3.44. The highest BCUT2D eigenvalue weighted by molar-refractivity contribution is 9.08. The maximum absolute atomic E-state index is 13.3. The van der Waals surface area contributed by atoms with Gasteiger partial charge in [0, 0.05) is 5.33 Å². The van der Waals surface area contributed by atoms with Crippen LogP contribution in [0.5, 0.6) is 0 Å². The SMILES string of the molecule is Cc1cc(F)cc(C)c1S(=O)(=O)Nc1ccccc1CBr. The van der Waals surface area contributed by atoms with Crippen molar-refractivity contribution in [2.24, 2.45) is 0 Å². The van der Waals surface area contributed by atoms with Crippen molar-refractivity contribution in [1.82, 2.24) is 0 Å². The highest BCUT2D eigenvalue weighted by Crippen LogP contribution is 2.26. The van der Waals surface area contributed by atoms with Gasteiger partial charge >= 0.3 is 0 Å². The zero-order valence-electron chi connectivity index (χ0n) is 11.7. The van der Waals surface area contributed by atoms with Crippen molar-refractivity contribution in [2.45, 2.75) is 24.1 Å². The Bertz CT molecular complexity index is 752. The molecule has 1 N–H and O–H groups in total. The molecule has 0 aliphatic carbocycles. The molecule has 2 aromatic carbocycles. The van der Waals surface area contributed by atoms with E-state index in [-0.39, 0.29) is 4.90 Å². The summed E-state index contributed by atoms with van der Waals surface area (Å²) < 4.78 is 41.0.